The van der Waals surface area contributed by atoms with Crippen LogP contribution in [0, 0.1) is 0 Å². The van der Waals surface area contributed by atoms with Gasteiger partial charge in [0.05, 0.1) is 13.2 Å². The Morgan fingerprint density at radius 3 is 3.15 bits per heavy atom. The van der Waals surface area contributed by atoms with Crippen LogP contribution in [0.5, 0.6) is 0 Å². The quantitative estimate of drug-likeness (QED) is 0.758. The summed E-state index contributed by atoms with van der Waals surface area (Å²) in [7, 11) is 0. The number of hydrogen-bond acceptors (Lipinski definition) is 7. The van der Waals surface area contributed by atoms with Crippen LogP contribution in [0.2, 0.25) is 0 Å². The first kappa shape index (κ1) is 14.5. The Kier molecular flexibility index (Phi) is 4.70. The van der Waals surface area contributed by atoms with E-state index in [-0.39, 0.29) is 18.4 Å². The number of nitrogens with zero attached hydrogens (tertiary/aromatic N) is 2. The van der Waals surface area contributed by atoms with E-state index in [9.17, 15) is 9.59 Å². The molecule has 0 aliphatic carbocycles. The molecule has 1 fully saturated rings. The van der Waals surface area contributed by atoms with Crippen LogP contribution in [-0.2, 0) is 19.0 Å². The second-order valence-electron chi connectivity index (χ2n) is 4.42. The summed E-state index contributed by atoms with van der Waals surface area (Å²) < 4.78 is 17.4. The van der Waals surface area contributed by atoms with E-state index in [0.29, 0.717) is 19.6 Å². The number of aromatic nitrogens is 2. The van der Waals surface area contributed by atoms with Crippen LogP contribution in [-0.4, -0.2) is 41.4 Å². The van der Waals surface area contributed by atoms with Crippen LogP contribution in [0.3, 0.4) is 0 Å². The van der Waals surface area contributed by atoms with Crippen molar-refractivity contribution in [1.82, 2.24) is 9.55 Å². The molecule has 1 aromatic heterocycles. The molecule has 0 unspecified atom stereocenters. The average molecular weight is 283 g/mol. The summed E-state index contributed by atoms with van der Waals surface area (Å²) in [5, 5.41) is 0. The summed E-state index contributed by atoms with van der Waals surface area (Å²) >= 11 is 0. The second kappa shape index (κ2) is 6.49. The maximum Gasteiger partial charge on any atom is 0.351 e. The number of hydrogen-bond donors (Lipinski definition) is 1. The van der Waals surface area contributed by atoms with Gasteiger partial charge in [-0.15, -0.1) is 0 Å². The minimum absolute atomic E-state index is 0.0863. The lowest BCUT2D eigenvalue weighted by Crippen LogP contribution is -2.33. The highest BCUT2D eigenvalue weighted by molar-refractivity contribution is 5.65. The molecule has 2 rings (SSSR count). The molecule has 0 bridgehead atoms. The Bertz CT molecular complexity index is 530. The fourth-order valence-electron chi connectivity index (χ4n) is 1.88. The zero-order valence-electron chi connectivity index (χ0n) is 11.2. The van der Waals surface area contributed by atoms with Crippen LogP contribution in [0.1, 0.15) is 19.6 Å². The first-order valence-electron chi connectivity index (χ1n) is 6.27. The van der Waals surface area contributed by atoms with Crippen LogP contribution < -0.4 is 11.4 Å². The van der Waals surface area contributed by atoms with Gasteiger partial charge in [0.25, 0.3) is 0 Å². The van der Waals surface area contributed by atoms with Crippen molar-refractivity contribution in [3.05, 3.63) is 22.7 Å². The molecule has 0 spiro atoms. The number of carbonyl (C=O) groups excluding carboxylic acids is 1. The van der Waals surface area contributed by atoms with Gasteiger partial charge in [0.1, 0.15) is 24.8 Å². The zero-order chi connectivity index (χ0) is 14.5. The van der Waals surface area contributed by atoms with Gasteiger partial charge in [0, 0.05) is 19.5 Å². The van der Waals surface area contributed by atoms with Crippen molar-refractivity contribution < 1.29 is 19.0 Å². The van der Waals surface area contributed by atoms with Gasteiger partial charge in [0.15, 0.2) is 0 Å². The first-order chi connectivity index (χ1) is 9.56. The van der Waals surface area contributed by atoms with E-state index in [2.05, 4.69) is 4.98 Å². The number of nitrogen functional groups attached to an aromatic ring is 1. The van der Waals surface area contributed by atoms with Gasteiger partial charge >= 0.3 is 11.7 Å². The number of esters is 1. The van der Waals surface area contributed by atoms with Gasteiger partial charge in [-0.2, -0.15) is 4.98 Å². The van der Waals surface area contributed by atoms with Crippen molar-refractivity contribution in [2.24, 2.45) is 0 Å². The maximum atomic E-state index is 11.8. The molecule has 0 saturated carbocycles. The highest BCUT2D eigenvalue weighted by atomic mass is 16.6. The average Bonchev–Trinajstić information content (AvgIpc) is 2.62. The van der Waals surface area contributed by atoms with Crippen molar-refractivity contribution in [2.75, 3.05) is 25.6 Å². The van der Waals surface area contributed by atoms with Crippen LogP contribution >= 0.6 is 0 Å². The van der Waals surface area contributed by atoms with Crippen LogP contribution in [0.15, 0.2) is 17.1 Å². The SMILES string of the molecule is CC(=O)OC[C@@H]1COCC[C@H](n2ccc(N)nc2=O)O1. The molecule has 110 valence electrons. The smallest absolute Gasteiger partial charge is 0.351 e. The minimum Gasteiger partial charge on any atom is -0.463 e. The zero-order valence-corrected chi connectivity index (χ0v) is 11.2. The number of nitrogens with two attached hydrogens (primary N) is 1. The van der Waals surface area contributed by atoms with Gasteiger partial charge in [0.2, 0.25) is 0 Å². The van der Waals surface area contributed by atoms with E-state index in [1.54, 1.807) is 0 Å². The molecular weight excluding hydrogens is 266 g/mol. The fraction of sp³-hybridized carbons (Fsp3) is 0.583. The third-order valence-corrected chi connectivity index (χ3v) is 2.80. The third-order valence-electron chi connectivity index (χ3n) is 2.80. The third kappa shape index (κ3) is 3.78. The Hall–Kier alpha value is -1.93. The Labute approximate surface area is 115 Å². The number of ether oxygens (including phenoxy) is 3. The molecule has 2 N–H and O–H groups in total. The largest absolute Gasteiger partial charge is 0.463 e. The van der Waals surface area contributed by atoms with E-state index in [1.165, 1.54) is 23.8 Å². The summed E-state index contributed by atoms with van der Waals surface area (Å²) in [5.74, 6) is -0.228. The fourth-order valence-corrected chi connectivity index (χ4v) is 1.88. The molecule has 1 saturated heterocycles. The number of anilines is 1. The number of carbonyl (C=O) groups is 1. The first-order valence-corrected chi connectivity index (χ1v) is 6.27. The Balaban J connectivity index is 2.09. The molecule has 1 aliphatic heterocycles. The van der Waals surface area contributed by atoms with Crippen molar-refractivity contribution in [2.45, 2.75) is 25.7 Å². The number of rotatable bonds is 3. The molecule has 1 aromatic rings. The van der Waals surface area contributed by atoms with Gasteiger partial charge in [-0.1, -0.05) is 0 Å². The minimum atomic E-state index is -0.515. The van der Waals surface area contributed by atoms with E-state index in [0.717, 1.165) is 0 Å². The van der Waals surface area contributed by atoms with Crippen LogP contribution in [0.25, 0.3) is 0 Å². The Morgan fingerprint density at radius 1 is 1.65 bits per heavy atom. The lowest BCUT2D eigenvalue weighted by molar-refractivity contribution is -0.149. The maximum absolute atomic E-state index is 11.8. The molecule has 0 radical (unpaired) electrons. The monoisotopic (exact) mass is 283 g/mol. The van der Waals surface area contributed by atoms with E-state index in [1.807, 2.05) is 0 Å². The second-order valence-corrected chi connectivity index (χ2v) is 4.42. The molecule has 2 atom stereocenters. The highest BCUT2D eigenvalue weighted by Gasteiger charge is 2.24. The molecule has 8 heteroatoms. The standard InChI is InChI=1S/C12H17N3O5/c1-8(16)19-7-9-6-18-5-3-11(20-9)15-4-2-10(13)14-12(15)17/h2,4,9,11H,3,5-7H2,1H3,(H2,13,14,17)/t9-,11+/m0/s1. The van der Waals surface area contributed by atoms with Crippen LogP contribution in [0.4, 0.5) is 5.82 Å². The van der Waals surface area contributed by atoms with E-state index >= 15 is 0 Å². The normalized spacial score (nSPS) is 23.1. The van der Waals surface area contributed by atoms with Gasteiger partial charge in [-0.3, -0.25) is 9.36 Å². The Morgan fingerprint density at radius 2 is 2.45 bits per heavy atom. The molecule has 0 aromatic carbocycles. The van der Waals surface area contributed by atoms with E-state index in [4.69, 9.17) is 19.9 Å². The van der Waals surface area contributed by atoms with Crippen molar-refractivity contribution in [1.29, 1.82) is 0 Å². The molecule has 2 heterocycles. The molecule has 1 aliphatic rings. The molecule has 0 amide bonds. The summed E-state index contributed by atoms with van der Waals surface area (Å²) in [6.07, 6.45) is 1.10. The highest BCUT2D eigenvalue weighted by Crippen LogP contribution is 2.18. The predicted molar refractivity (Wildman–Crippen MR) is 68.9 cm³/mol. The molecular formula is C12H17N3O5. The summed E-state index contributed by atoms with van der Waals surface area (Å²) in [6.45, 7) is 2.16. The lowest BCUT2D eigenvalue weighted by Gasteiger charge is -2.21. The van der Waals surface area contributed by atoms with Gasteiger partial charge in [-0.25, -0.2) is 4.79 Å². The molecule has 20 heavy (non-hydrogen) atoms. The molecule has 8 nitrogen and oxygen atoms in total. The van der Waals surface area contributed by atoms with Crippen molar-refractivity contribution in [3.63, 3.8) is 0 Å². The summed E-state index contributed by atoms with van der Waals surface area (Å²) in [5.41, 5.74) is 4.97. The van der Waals surface area contributed by atoms with E-state index < -0.39 is 18.0 Å². The van der Waals surface area contributed by atoms with Crippen molar-refractivity contribution in [3.8, 4) is 0 Å². The van der Waals surface area contributed by atoms with Gasteiger partial charge in [-0.05, 0) is 6.07 Å². The predicted octanol–water partition coefficient (Wildman–Crippen LogP) is -0.307. The van der Waals surface area contributed by atoms with Crippen molar-refractivity contribution >= 4 is 11.8 Å². The van der Waals surface area contributed by atoms with Gasteiger partial charge < -0.3 is 19.9 Å². The summed E-state index contributed by atoms with van der Waals surface area (Å²) in [6, 6.07) is 1.53. The topological polar surface area (TPSA) is 106 Å². The lowest BCUT2D eigenvalue weighted by atomic mass is 10.3. The summed E-state index contributed by atoms with van der Waals surface area (Å²) in [4.78, 5) is 26.3.